The van der Waals surface area contributed by atoms with Crippen LogP contribution < -0.4 is 15.2 Å². The largest absolute Gasteiger partial charge is 0.494 e. The van der Waals surface area contributed by atoms with Crippen molar-refractivity contribution in [2.24, 2.45) is 0 Å². The minimum atomic E-state index is -1.09. The van der Waals surface area contributed by atoms with Crippen LogP contribution >= 0.6 is 0 Å². The number of benzene rings is 1. The highest BCUT2D eigenvalue weighted by molar-refractivity contribution is 5.88. The number of ether oxygens (including phenoxy) is 2. The lowest BCUT2D eigenvalue weighted by Gasteiger charge is -2.08. The van der Waals surface area contributed by atoms with Crippen LogP contribution in [0.1, 0.15) is 17.3 Å². The zero-order valence-corrected chi connectivity index (χ0v) is 10.9. The Bertz CT molecular complexity index is 611. The number of carboxylic acid groups (broad SMARTS) is 1. The standard InChI is InChI=1S/C14H14N2O4/c1-2-19-10-3-5-11(6-4-10)20-13-12(15)7-9(8-16-13)14(17)18/h3-8H,2,15H2,1H3,(H,17,18). The SMILES string of the molecule is CCOc1ccc(Oc2ncc(C(=O)O)cc2N)cc1. The van der Waals surface area contributed by atoms with E-state index in [1.807, 2.05) is 6.92 Å². The summed E-state index contributed by atoms with van der Waals surface area (Å²) in [6, 6.07) is 8.27. The molecule has 0 atom stereocenters. The van der Waals surface area contributed by atoms with Crippen molar-refractivity contribution in [3.63, 3.8) is 0 Å². The van der Waals surface area contributed by atoms with Gasteiger partial charge in [-0.15, -0.1) is 0 Å². The van der Waals surface area contributed by atoms with Gasteiger partial charge in [0, 0.05) is 6.20 Å². The molecule has 2 rings (SSSR count). The van der Waals surface area contributed by atoms with Crippen molar-refractivity contribution in [3.05, 3.63) is 42.1 Å². The van der Waals surface area contributed by atoms with Gasteiger partial charge in [0.15, 0.2) is 0 Å². The van der Waals surface area contributed by atoms with Crippen molar-refractivity contribution >= 4 is 11.7 Å². The van der Waals surface area contributed by atoms with Crippen LogP contribution in [0, 0.1) is 0 Å². The maximum absolute atomic E-state index is 10.8. The minimum absolute atomic E-state index is 0.0153. The molecule has 0 fully saturated rings. The first-order valence-electron chi connectivity index (χ1n) is 5.99. The molecule has 1 heterocycles. The molecule has 20 heavy (non-hydrogen) atoms. The molecule has 1 aromatic carbocycles. The van der Waals surface area contributed by atoms with Crippen LogP contribution in [-0.2, 0) is 0 Å². The van der Waals surface area contributed by atoms with E-state index in [0.29, 0.717) is 12.4 Å². The Morgan fingerprint density at radius 1 is 1.30 bits per heavy atom. The van der Waals surface area contributed by atoms with Gasteiger partial charge in [0.05, 0.1) is 17.9 Å². The summed E-state index contributed by atoms with van der Waals surface area (Å²) in [7, 11) is 0. The van der Waals surface area contributed by atoms with E-state index in [0.717, 1.165) is 5.75 Å². The third-order valence-corrected chi connectivity index (χ3v) is 2.48. The topological polar surface area (TPSA) is 94.7 Å². The number of nitrogens with zero attached hydrogens (tertiary/aromatic N) is 1. The number of rotatable bonds is 5. The van der Waals surface area contributed by atoms with E-state index in [1.54, 1.807) is 24.3 Å². The molecule has 1 aromatic heterocycles. The number of hydrogen-bond acceptors (Lipinski definition) is 5. The molecule has 0 aliphatic carbocycles. The van der Waals surface area contributed by atoms with Crippen molar-refractivity contribution in [2.45, 2.75) is 6.92 Å². The van der Waals surface area contributed by atoms with Gasteiger partial charge in [-0.3, -0.25) is 0 Å². The molecular formula is C14H14N2O4. The predicted octanol–water partition coefficient (Wildman–Crippen LogP) is 2.55. The van der Waals surface area contributed by atoms with Crippen molar-refractivity contribution in [2.75, 3.05) is 12.3 Å². The molecule has 2 aromatic rings. The third kappa shape index (κ3) is 3.17. The fourth-order valence-corrected chi connectivity index (χ4v) is 1.55. The Morgan fingerprint density at radius 2 is 1.95 bits per heavy atom. The van der Waals surface area contributed by atoms with Crippen molar-refractivity contribution in [3.8, 4) is 17.4 Å². The van der Waals surface area contributed by atoms with Gasteiger partial charge in [0.1, 0.15) is 11.5 Å². The zero-order chi connectivity index (χ0) is 14.5. The first-order chi connectivity index (χ1) is 9.60. The van der Waals surface area contributed by atoms with Crippen molar-refractivity contribution in [1.82, 2.24) is 4.98 Å². The molecule has 0 aliphatic heterocycles. The number of carboxylic acids is 1. The molecule has 6 heteroatoms. The lowest BCUT2D eigenvalue weighted by atomic mass is 10.2. The van der Waals surface area contributed by atoms with Gasteiger partial charge in [0.2, 0.25) is 5.88 Å². The number of hydrogen-bond donors (Lipinski definition) is 2. The first-order valence-corrected chi connectivity index (χ1v) is 5.99. The van der Waals surface area contributed by atoms with Crippen LogP contribution in [0.15, 0.2) is 36.5 Å². The Kier molecular flexibility index (Phi) is 4.05. The summed E-state index contributed by atoms with van der Waals surface area (Å²) < 4.78 is 10.8. The molecule has 6 nitrogen and oxygen atoms in total. The highest BCUT2D eigenvalue weighted by atomic mass is 16.5. The number of nitrogens with two attached hydrogens (primary N) is 1. The molecular weight excluding hydrogens is 260 g/mol. The number of carbonyl (C=O) groups is 1. The second kappa shape index (κ2) is 5.92. The van der Waals surface area contributed by atoms with E-state index in [2.05, 4.69) is 4.98 Å². The van der Waals surface area contributed by atoms with E-state index in [1.165, 1.54) is 12.3 Å². The summed E-state index contributed by atoms with van der Waals surface area (Å²) in [6.07, 6.45) is 1.20. The summed E-state index contributed by atoms with van der Waals surface area (Å²) >= 11 is 0. The quantitative estimate of drug-likeness (QED) is 0.870. The van der Waals surface area contributed by atoms with E-state index in [4.69, 9.17) is 20.3 Å². The number of nitrogen functional groups attached to an aromatic ring is 1. The van der Waals surface area contributed by atoms with Gasteiger partial charge in [-0.1, -0.05) is 0 Å². The van der Waals surface area contributed by atoms with Gasteiger partial charge in [0.25, 0.3) is 0 Å². The van der Waals surface area contributed by atoms with Gasteiger partial charge < -0.3 is 20.3 Å². The highest BCUT2D eigenvalue weighted by Gasteiger charge is 2.09. The smallest absolute Gasteiger partial charge is 0.337 e. The Balaban J connectivity index is 2.15. The number of anilines is 1. The molecule has 0 aliphatic rings. The van der Waals surface area contributed by atoms with Crippen LogP contribution in [0.5, 0.6) is 17.4 Å². The maximum Gasteiger partial charge on any atom is 0.337 e. The van der Waals surface area contributed by atoms with E-state index in [-0.39, 0.29) is 17.1 Å². The van der Waals surface area contributed by atoms with Crippen LogP contribution in [-0.4, -0.2) is 22.7 Å². The Morgan fingerprint density at radius 3 is 2.50 bits per heavy atom. The summed E-state index contributed by atoms with van der Waals surface area (Å²) in [6.45, 7) is 2.49. The molecule has 0 spiro atoms. The number of aromatic nitrogens is 1. The average Bonchev–Trinajstić information content (AvgIpc) is 2.43. The van der Waals surface area contributed by atoms with E-state index < -0.39 is 5.97 Å². The van der Waals surface area contributed by atoms with Crippen LogP contribution in [0.3, 0.4) is 0 Å². The fraction of sp³-hybridized carbons (Fsp3) is 0.143. The highest BCUT2D eigenvalue weighted by Crippen LogP contribution is 2.27. The monoisotopic (exact) mass is 274 g/mol. The van der Waals surface area contributed by atoms with Gasteiger partial charge in [-0.05, 0) is 37.3 Å². The fourth-order valence-electron chi connectivity index (χ4n) is 1.55. The van der Waals surface area contributed by atoms with Gasteiger partial charge in [-0.2, -0.15) is 0 Å². The first kappa shape index (κ1) is 13.7. The molecule has 0 saturated heterocycles. The van der Waals surface area contributed by atoms with E-state index in [9.17, 15) is 4.79 Å². The summed E-state index contributed by atoms with van der Waals surface area (Å²) in [5.74, 6) is 0.355. The Labute approximate surface area is 115 Å². The molecule has 0 unspecified atom stereocenters. The second-order valence-electron chi connectivity index (χ2n) is 3.93. The lowest BCUT2D eigenvalue weighted by molar-refractivity contribution is 0.0696. The minimum Gasteiger partial charge on any atom is -0.494 e. The van der Waals surface area contributed by atoms with Crippen molar-refractivity contribution in [1.29, 1.82) is 0 Å². The summed E-state index contributed by atoms with van der Waals surface area (Å²) in [5.41, 5.74) is 5.89. The molecule has 104 valence electrons. The number of aromatic carboxylic acids is 1. The van der Waals surface area contributed by atoms with E-state index >= 15 is 0 Å². The molecule has 0 radical (unpaired) electrons. The number of pyridine rings is 1. The third-order valence-electron chi connectivity index (χ3n) is 2.48. The molecule has 0 amide bonds. The van der Waals surface area contributed by atoms with Crippen LogP contribution in [0.25, 0.3) is 0 Å². The van der Waals surface area contributed by atoms with Crippen LogP contribution in [0.2, 0.25) is 0 Å². The Hall–Kier alpha value is -2.76. The predicted molar refractivity (Wildman–Crippen MR) is 73.3 cm³/mol. The zero-order valence-electron chi connectivity index (χ0n) is 10.9. The molecule has 0 bridgehead atoms. The van der Waals surface area contributed by atoms with Crippen molar-refractivity contribution < 1.29 is 19.4 Å². The maximum atomic E-state index is 10.8. The summed E-state index contributed by atoms with van der Waals surface area (Å²) in [4.78, 5) is 14.7. The normalized spacial score (nSPS) is 10.1. The molecule has 3 N–H and O–H groups in total. The van der Waals surface area contributed by atoms with Gasteiger partial charge in [-0.25, -0.2) is 9.78 Å². The average molecular weight is 274 g/mol. The van der Waals surface area contributed by atoms with Gasteiger partial charge >= 0.3 is 5.97 Å². The second-order valence-corrected chi connectivity index (χ2v) is 3.93. The molecule has 0 saturated carbocycles. The summed E-state index contributed by atoms with van der Waals surface area (Å²) in [5, 5.41) is 8.82. The van der Waals surface area contributed by atoms with Crippen LogP contribution in [0.4, 0.5) is 5.69 Å². The lowest BCUT2D eigenvalue weighted by Crippen LogP contribution is -2.01.